The molecular weight excluding hydrogens is 368 g/mol. The van der Waals surface area contributed by atoms with E-state index in [1.165, 1.54) is 4.35 Å². The first kappa shape index (κ1) is 12.8. The molecule has 82 valence electrons. The summed E-state index contributed by atoms with van der Waals surface area (Å²) in [6.45, 7) is 2.42. The first-order valence-corrected chi connectivity index (χ1v) is 6.91. The average molecular weight is 381 g/mol. The van der Waals surface area contributed by atoms with E-state index in [9.17, 15) is 4.79 Å². The van der Waals surface area contributed by atoms with Crippen LogP contribution in [0.1, 0.15) is 13.3 Å². The van der Waals surface area contributed by atoms with Crippen molar-refractivity contribution in [1.82, 2.24) is 0 Å². The summed E-state index contributed by atoms with van der Waals surface area (Å²) in [7, 11) is 0. The molecule has 0 aliphatic heterocycles. The molecule has 0 aliphatic carbocycles. The number of ether oxygens (including phenoxy) is 1. The van der Waals surface area contributed by atoms with E-state index >= 15 is 0 Å². The quantitative estimate of drug-likeness (QED) is 0.637. The van der Waals surface area contributed by atoms with E-state index in [-0.39, 0.29) is 6.09 Å². The number of benzene rings is 1. The van der Waals surface area contributed by atoms with Crippen molar-refractivity contribution in [2.45, 2.75) is 13.3 Å². The van der Waals surface area contributed by atoms with Crippen molar-refractivity contribution in [3.63, 3.8) is 0 Å². The van der Waals surface area contributed by atoms with E-state index in [0.29, 0.717) is 6.61 Å². The van der Waals surface area contributed by atoms with Gasteiger partial charge in [0.05, 0.1) is 0 Å². The molecule has 1 amide bonds. The summed E-state index contributed by atoms with van der Waals surface area (Å²) < 4.78 is 7.20. The average Bonchev–Trinajstić information content (AvgIpc) is 2.19. The molecule has 0 saturated heterocycles. The fraction of sp³-hybridized carbons (Fsp3) is 0.300. The van der Waals surface area contributed by atoms with Crippen LogP contribution in [0.2, 0.25) is 0 Å². The molecule has 0 saturated carbocycles. The van der Waals surface area contributed by atoms with Gasteiger partial charge in [-0.1, -0.05) is 0 Å². The van der Waals surface area contributed by atoms with Gasteiger partial charge >= 0.3 is 112 Å². The number of hydrogen-bond donors (Lipinski definition) is 1. The fourth-order valence-electron chi connectivity index (χ4n) is 0.974. The maximum absolute atomic E-state index is 11.3. The van der Waals surface area contributed by atoms with Crippen LogP contribution in [-0.4, -0.2) is 29.6 Å². The van der Waals surface area contributed by atoms with Crippen molar-refractivity contribution in [2.24, 2.45) is 0 Å². The van der Waals surface area contributed by atoms with Gasteiger partial charge in [-0.05, 0) is 0 Å². The standard InChI is InChI=1S/C10H13AsINO2/c1-2-5-15-10(14)13-9-4-3-7(11)6-8(9)12/h3-4,6H,2,5,11H2,1H3,(H,13,14). The van der Waals surface area contributed by atoms with E-state index in [2.05, 4.69) is 27.9 Å². The van der Waals surface area contributed by atoms with Crippen LogP contribution in [0.5, 0.6) is 0 Å². The van der Waals surface area contributed by atoms with E-state index in [0.717, 1.165) is 15.7 Å². The van der Waals surface area contributed by atoms with Crippen molar-refractivity contribution < 1.29 is 9.53 Å². The summed E-state index contributed by atoms with van der Waals surface area (Å²) in [6, 6.07) is 5.92. The molecule has 1 rings (SSSR count). The zero-order chi connectivity index (χ0) is 11.3. The van der Waals surface area contributed by atoms with Crippen molar-refractivity contribution in [3.05, 3.63) is 21.8 Å². The number of carbonyl (C=O) groups is 1. The van der Waals surface area contributed by atoms with Crippen molar-refractivity contribution in [2.75, 3.05) is 11.9 Å². The molecule has 1 atom stereocenters. The minimum atomic E-state index is -0.385. The van der Waals surface area contributed by atoms with Gasteiger partial charge in [0, 0.05) is 0 Å². The number of anilines is 1. The molecule has 5 heteroatoms. The van der Waals surface area contributed by atoms with E-state index in [1.54, 1.807) is 16.9 Å². The van der Waals surface area contributed by atoms with Gasteiger partial charge < -0.3 is 0 Å². The zero-order valence-electron chi connectivity index (χ0n) is 8.42. The molecule has 1 aromatic carbocycles. The molecule has 0 radical (unpaired) electrons. The summed E-state index contributed by atoms with van der Waals surface area (Å²) in [4.78, 5) is 11.3. The van der Waals surface area contributed by atoms with Crippen LogP contribution in [-0.2, 0) is 4.74 Å². The van der Waals surface area contributed by atoms with Crippen molar-refractivity contribution in [1.29, 1.82) is 0 Å². The Morgan fingerprint density at radius 3 is 2.93 bits per heavy atom. The zero-order valence-corrected chi connectivity index (χ0v) is 13.0. The second kappa shape index (κ2) is 6.38. The molecule has 0 heterocycles. The number of carbonyl (C=O) groups excluding carboxylic acids is 1. The topological polar surface area (TPSA) is 38.3 Å². The molecule has 0 fully saturated rings. The Bertz CT molecular complexity index is 357. The third-order valence-corrected chi connectivity index (χ3v) is 3.31. The first-order chi connectivity index (χ1) is 7.13. The van der Waals surface area contributed by atoms with Gasteiger partial charge in [-0.2, -0.15) is 0 Å². The Balaban J connectivity index is 2.60. The van der Waals surface area contributed by atoms with Gasteiger partial charge in [0.2, 0.25) is 0 Å². The number of hydrogen-bond acceptors (Lipinski definition) is 2. The Morgan fingerprint density at radius 1 is 1.60 bits per heavy atom. The summed E-state index contributed by atoms with van der Waals surface area (Å²) in [5.74, 6) is 0. The minimum absolute atomic E-state index is 0.385. The maximum atomic E-state index is 11.3. The van der Waals surface area contributed by atoms with Gasteiger partial charge in [-0.25, -0.2) is 0 Å². The van der Waals surface area contributed by atoms with E-state index < -0.39 is 0 Å². The molecule has 0 aromatic heterocycles. The Morgan fingerprint density at radius 2 is 2.33 bits per heavy atom. The van der Waals surface area contributed by atoms with Gasteiger partial charge in [0.1, 0.15) is 0 Å². The van der Waals surface area contributed by atoms with Crippen LogP contribution in [0.4, 0.5) is 10.5 Å². The fourth-order valence-corrected chi connectivity index (χ4v) is 2.91. The van der Waals surface area contributed by atoms with E-state index in [4.69, 9.17) is 4.74 Å². The van der Waals surface area contributed by atoms with Gasteiger partial charge in [0.25, 0.3) is 0 Å². The van der Waals surface area contributed by atoms with Crippen LogP contribution in [0.15, 0.2) is 18.2 Å². The summed E-state index contributed by atoms with van der Waals surface area (Å²) in [5.41, 5.74) is 0.804. The summed E-state index contributed by atoms with van der Waals surface area (Å²) in [5, 5.41) is 2.71. The van der Waals surface area contributed by atoms with Crippen LogP contribution in [0.25, 0.3) is 0 Å². The molecule has 15 heavy (non-hydrogen) atoms. The molecule has 1 aromatic rings. The Hall–Kier alpha value is -0.222. The molecule has 0 spiro atoms. The summed E-state index contributed by atoms with van der Waals surface area (Å²) >= 11 is 3.77. The predicted molar refractivity (Wildman–Crippen MR) is 72.6 cm³/mol. The second-order valence-corrected chi connectivity index (χ2v) is 5.56. The van der Waals surface area contributed by atoms with Crippen LogP contribution >= 0.6 is 22.6 Å². The Kier molecular flexibility index (Phi) is 5.46. The SMILES string of the molecule is CCCOC(=O)Nc1ccc([AsH2])cc1I. The molecule has 3 nitrogen and oxygen atoms in total. The third-order valence-electron chi connectivity index (χ3n) is 1.67. The Labute approximate surface area is 112 Å². The van der Waals surface area contributed by atoms with Crippen LogP contribution < -0.4 is 9.67 Å². The molecular formula is C10H13AsINO2. The van der Waals surface area contributed by atoms with Crippen molar-refractivity contribution in [3.8, 4) is 0 Å². The van der Waals surface area contributed by atoms with Gasteiger partial charge in [-0.3, -0.25) is 0 Å². The van der Waals surface area contributed by atoms with Gasteiger partial charge in [0.15, 0.2) is 0 Å². The number of halogens is 1. The monoisotopic (exact) mass is 381 g/mol. The number of nitrogens with one attached hydrogen (secondary N) is 1. The first-order valence-electron chi connectivity index (χ1n) is 4.62. The molecule has 1 unspecified atom stereocenters. The van der Waals surface area contributed by atoms with Crippen LogP contribution in [0.3, 0.4) is 0 Å². The van der Waals surface area contributed by atoms with Crippen molar-refractivity contribution >= 4 is 55.6 Å². The number of rotatable bonds is 3. The van der Waals surface area contributed by atoms with Crippen LogP contribution in [0, 0.1) is 3.57 Å². The van der Waals surface area contributed by atoms with Gasteiger partial charge in [-0.15, -0.1) is 0 Å². The predicted octanol–water partition coefficient (Wildman–Crippen LogP) is 1.51. The molecule has 0 bridgehead atoms. The molecule has 1 N–H and O–H groups in total. The number of amides is 1. The normalized spacial score (nSPS) is 9.80. The third kappa shape index (κ3) is 4.43. The summed E-state index contributed by atoms with van der Waals surface area (Å²) in [6.07, 6.45) is 0.449. The second-order valence-electron chi connectivity index (χ2n) is 3.00. The molecule has 0 aliphatic rings. The van der Waals surface area contributed by atoms with E-state index in [1.807, 2.05) is 25.1 Å².